The van der Waals surface area contributed by atoms with Gasteiger partial charge in [-0.1, -0.05) is 23.7 Å². The van der Waals surface area contributed by atoms with Gasteiger partial charge in [-0.2, -0.15) is 36.6 Å². The van der Waals surface area contributed by atoms with Crippen molar-refractivity contribution in [3.8, 4) is 23.7 Å². The van der Waals surface area contributed by atoms with E-state index in [4.69, 9.17) is 0 Å². The highest BCUT2D eigenvalue weighted by Gasteiger charge is 2.30. The Balaban J connectivity index is 1.35. The summed E-state index contributed by atoms with van der Waals surface area (Å²) in [5.74, 6) is 11.4. The quantitative estimate of drug-likeness (QED) is 0.144. The van der Waals surface area contributed by atoms with Crippen LogP contribution in [0.25, 0.3) is 0 Å². The molecule has 0 aromatic heterocycles. The number of azo groups is 1. The molecule has 2 nitrogen and oxygen atoms in total. The minimum absolute atomic E-state index is 0.467. The Bertz CT molecular complexity index is 1420. The largest absolute Gasteiger partial charge is 0.416 e. The lowest BCUT2D eigenvalue weighted by molar-refractivity contribution is -0.138. The van der Waals surface area contributed by atoms with E-state index in [1.54, 1.807) is 48.5 Å². The number of benzene rings is 4. The molecule has 0 N–H and O–H groups in total. The molecule has 0 amide bonds. The minimum Gasteiger partial charge on any atom is -0.166 e. The second kappa shape index (κ2) is 11.1. The minimum atomic E-state index is -4.38. The number of halogens is 6. The molecule has 0 atom stereocenters. The van der Waals surface area contributed by atoms with Crippen molar-refractivity contribution in [3.05, 3.63) is 130 Å². The first kappa shape index (κ1) is 26.2. The van der Waals surface area contributed by atoms with Crippen LogP contribution in [0.15, 0.2) is 107 Å². The van der Waals surface area contributed by atoms with Gasteiger partial charge < -0.3 is 0 Å². The third-order valence-corrected chi connectivity index (χ3v) is 5.14. The van der Waals surface area contributed by atoms with Crippen LogP contribution in [0.4, 0.5) is 37.7 Å². The zero-order chi connectivity index (χ0) is 27.2. The van der Waals surface area contributed by atoms with E-state index < -0.39 is 23.5 Å². The topological polar surface area (TPSA) is 24.7 Å². The highest BCUT2D eigenvalue weighted by Crippen LogP contribution is 2.30. The maximum Gasteiger partial charge on any atom is 0.416 e. The van der Waals surface area contributed by atoms with E-state index in [9.17, 15) is 26.3 Å². The van der Waals surface area contributed by atoms with Gasteiger partial charge in [-0.05, 0) is 97.1 Å². The van der Waals surface area contributed by atoms with Crippen LogP contribution in [0.1, 0.15) is 33.4 Å². The summed E-state index contributed by atoms with van der Waals surface area (Å²) in [5.41, 5.74) is 1.98. The van der Waals surface area contributed by atoms with Gasteiger partial charge in [0.15, 0.2) is 0 Å². The van der Waals surface area contributed by atoms with E-state index in [0.717, 1.165) is 24.3 Å². The van der Waals surface area contributed by atoms with Crippen molar-refractivity contribution in [3.63, 3.8) is 0 Å². The van der Waals surface area contributed by atoms with E-state index >= 15 is 0 Å². The van der Waals surface area contributed by atoms with Crippen molar-refractivity contribution in [1.29, 1.82) is 0 Å². The first-order valence-electron chi connectivity index (χ1n) is 11.1. The molecule has 0 heterocycles. The number of alkyl halides is 6. The summed E-state index contributed by atoms with van der Waals surface area (Å²) in [6.07, 6.45) is -8.77. The van der Waals surface area contributed by atoms with E-state index in [0.29, 0.717) is 33.6 Å². The molecule has 0 radical (unpaired) electrons. The van der Waals surface area contributed by atoms with Gasteiger partial charge in [0.25, 0.3) is 0 Å². The van der Waals surface area contributed by atoms with Crippen LogP contribution in [-0.4, -0.2) is 0 Å². The number of rotatable bonds is 2. The molecule has 0 saturated heterocycles. The highest BCUT2D eigenvalue weighted by atomic mass is 19.4. The molecule has 188 valence electrons. The van der Waals surface area contributed by atoms with Gasteiger partial charge >= 0.3 is 12.4 Å². The molecular formula is C30H16F6N2. The van der Waals surface area contributed by atoms with Crippen LogP contribution in [0.2, 0.25) is 0 Å². The number of nitrogens with zero attached hydrogens (tertiary/aromatic N) is 2. The van der Waals surface area contributed by atoms with Gasteiger partial charge in [0.1, 0.15) is 0 Å². The summed E-state index contributed by atoms with van der Waals surface area (Å²) in [6.45, 7) is 0. The van der Waals surface area contributed by atoms with Crippen molar-refractivity contribution in [2.75, 3.05) is 0 Å². The second-order valence-electron chi connectivity index (χ2n) is 7.94. The predicted molar refractivity (Wildman–Crippen MR) is 132 cm³/mol. The molecule has 0 aliphatic rings. The Labute approximate surface area is 214 Å². The van der Waals surface area contributed by atoms with Crippen molar-refractivity contribution in [1.82, 2.24) is 0 Å². The zero-order valence-corrected chi connectivity index (χ0v) is 19.4. The summed E-state index contributed by atoms with van der Waals surface area (Å²) in [4.78, 5) is 0. The van der Waals surface area contributed by atoms with Gasteiger partial charge in [-0.15, -0.1) is 0 Å². The van der Waals surface area contributed by atoms with Crippen LogP contribution in [-0.2, 0) is 12.4 Å². The molecule has 0 fully saturated rings. The van der Waals surface area contributed by atoms with Crippen LogP contribution in [0.5, 0.6) is 0 Å². The van der Waals surface area contributed by atoms with Gasteiger partial charge in [0, 0.05) is 22.3 Å². The van der Waals surface area contributed by atoms with Crippen molar-refractivity contribution >= 4 is 11.4 Å². The maximum absolute atomic E-state index is 12.6. The van der Waals surface area contributed by atoms with E-state index in [1.807, 2.05) is 0 Å². The number of hydrogen-bond acceptors (Lipinski definition) is 2. The SMILES string of the molecule is FC(F)(F)c1ccc(C#Cc2ccc(N=Nc3ccc(C#Cc4ccc(C(F)(F)F)cc4)cc3)cc2)cc1. The van der Waals surface area contributed by atoms with Crippen molar-refractivity contribution in [2.45, 2.75) is 12.4 Å². The molecule has 8 heteroatoms. The fraction of sp³-hybridized carbons (Fsp3) is 0.0667. The monoisotopic (exact) mass is 518 g/mol. The third kappa shape index (κ3) is 7.35. The average molecular weight is 518 g/mol. The predicted octanol–water partition coefficient (Wildman–Crippen LogP) is 8.94. The van der Waals surface area contributed by atoms with E-state index in [-0.39, 0.29) is 0 Å². The lowest BCUT2D eigenvalue weighted by Crippen LogP contribution is -2.04. The van der Waals surface area contributed by atoms with Crippen LogP contribution < -0.4 is 0 Å². The molecular weight excluding hydrogens is 502 g/mol. The molecule has 0 spiro atoms. The van der Waals surface area contributed by atoms with Crippen LogP contribution in [0, 0.1) is 23.7 Å². The standard InChI is InChI=1S/C30H16F6N2/c31-29(32,33)25-13-5-21(6-14-25)1-3-23-9-17-27(18-10-23)37-38-28-19-11-24(12-20-28)4-2-22-7-15-26(16-8-22)30(34,35)36/h5-20H. The fourth-order valence-corrected chi connectivity index (χ4v) is 3.11. The summed E-state index contributed by atoms with van der Waals surface area (Å²) in [6, 6.07) is 23.0. The summed E-state index contributed by atoms with van der Waals surface area (Å²) in [5, 5.41) is 8.32. The Kier molecular flexibility index (Phi) is 7.64. The normalized spacial score (nSPS) is 11.4. The second-order valence-corrected chi connectivity index (χ2v) is 7.94. The fourth-order valence-electron chi connectivity index (χ4n) is 3.11. The summed E-state index contributed by atoms with van der Waals surface area (Å²) >= 11 is 0. The Morgan fingerprint density at radius 3 is 0.842 bits per heavy atom. The van der Waals surface area contributed by atoms with Gasteiger partial charge in [-0.3, -0.25) is 0 Å². The molecule has 0 aliphatic heterocycles. The molecule has 0 unspecified atom stereocenters. The highest BCUT2D eigenvalue weighted by molar-refractivity contribution is 5.50. The van der Waals surface area contributed by atoms with Crippen molar-refractivity contribution < 1.29 is 26.3 Å². The van der Waals surface area contributed by atoms with E-state index in [2.05, 4.69) is 33.9 Å². The first-order valence-corrected chi connectivity index (χ1v) is 11.1. The lowest BCUT2D eigenvalue weighted by Gasteiger charge is -2.05. The van der Waals surface area contributed by atoms with Crippen LogP contribution in [0.3, 0.4) is 0 Å². The van der Waals surface area contributed by atoms with Crippen molar-refractivity contribution in [2.24, 2.45) is 10.2 Å². The molecule has 0 saturated carbocycles. The maximum atomic E-state index is 12.6. The Hall–Kier alpha value is -4.82. The van der Waals surface area contributed by atoms with Gasteiger partial charge in [0.2, 0.25) is 0 Å². The molecule has 0 bridgehead atoms. The molecule has 0 aliphatic carbocycles. The Morgan fingerprint density at radius 1 is 0.368 bits per heavy atom. The average Bonchev–Trinajstić information content (AvgIpc) is 2.90. The molecule has 38 heavy (non-hydrogen) atoms. The molecule has 4 aromatic carbocycles. The lowest BCUT2D eigenvalue weighted by atomic mass is 10.1. The third-order valence-electron chi connectivity index (χ3n) is 5.14. The van der Waals surface area contributed by atoms with Crippen LogP contribution >= 0.6 is 0 Å². The molecule has 4 aromatic rings. The smallest absolute Gasteiger partial charge is 0.166 e. The summed E-state index contributed by atoms with van der Waals surface area (Å²) in [7, 11) is 0. The number of hydrogen-bond donors (Lipinski definition) is 0. The van der Waals surface area contributed by atoms with Gasteiger partial charge in [0.05, 0.1) is 22.5 Å². The first-order chi connectivity index (χ1) is 18.1. The Morgan fingerprint density at radius 2 is 0.605 bits per heavy atom. The zero-order valence-electron chi connectivity index (χ0n) is 19.4. The van der Waals surface area contributed by atoms with E-state index in [1.165, 1.54) is 24.3 Å². The summed E-state index contributed by atoms with van der Waals surface area (Å²) < 4.78 is 75.8. The van der Waals surface area contributed by atoms with Gasteiger partial charge in [-0.25, -0.2) is 0 Å². The molecule has 4 rings (SSSR count).